The zero-order valence-corrected chi connectivity index (χ0v) is 10.9. The molecule has 0 aliphatic rings. The Labute approximate surface area is 102 Å². The molecule has 0 aliphatic carbocycles. The van der Waals surface area contributed by atoms with E-state index >= 15 is 0 Å². The van der Waals surface area contributed by atoms with Gasteiger partial charge >= 0.3 is 0 Å². The van der Waals surface area contributed by atoms with Crippen LogP contribution in [0.2, 0.25) is 0 Å². The Hall–Kier alpha value is -1.37. The van der Waals surface area contributed by atoms with Crippen LogP contribution in [-0.4, -0.2) is 36.9 Å². The average Bonchev–Trinajstić information content (AvgIpc) is 2.23. The first kappa shape index (κ1) is 13.7. The van der Waals surface area contributed by atoms with Crippen LogP contribution in [0.25, 0.3) is 0 Å². The minimum Gasteiger partial charge on any atom is -0.383 e. The van der Waals surface area contributed by atoms with E-state index in [0.717, 1.165) is 12.0 Å². The molecule has 1 rings (SSSR count). The summed E-state index contributed by atoms with van der Waals surface area (Å²) in [6, 6.07) is 0. The number of hydrogen-bond acceptors (Lipinski definition) is 6. The molecule has 0 saturated carbocycles. The molecule has 6 nitrogen and oxygen atoms in total. The summed E-state index contributed by atoms with van der Waals surface area (Å²) in [7, 11) is -2.90. The molecule has 96 valence electrons. The maximum atomic E-state index is 10.9. The van der Waals surface area contributed by atoms with Crippen molar-refractivity contribution < 1.29 is 8.42 Å². The molecule has 1 aromatic rings. The lowest BCUT2D eigenvalue weighted by Crippen LogP contribution is -2.12. The van der Waals surface area contributed by atoms with Crippen molar-refractivity contribution in [1.29, 1.82) is 0 Å². The van der Waals surface area contributed by atoms with Gasteiger partial charge in [-0.25, -0.2) is 18.4 Å². The molecule has 0 aromatic carbocycles. The van der Waals surface area contributed by atoms with Gasteiger partial charge in [-0.15, -0.1) is 0 Å². The van der Waals surface area contributed by atoms with Crippen LogP contribution in [0.15, 0.2) is 6.33 Å². The SMILES string of the molecule is CCc1c(N)ncnc1NCCCS(C)(=O)=O. The minimum atomic E-state index is -2.90. The molecule has 0 radical (unpaired) electrons. The van der Waals surface area contributed by atoms with Crippen LogP contribution < -0.4 is 11.1 Å². The van der Waals surface area contributed by atoms with Gasteiger partial charge in [-0.1, -0.05) is 6.92 Å². The molecule has 0 atom stereocenters. The average molecular weight is 258 g/mol. The maximum Gasteiger partial charge on any atom is 0.147 e. The number of nitrogens with two attached hydrogens (primary N) is 1. The first-order valence-corrected chi connectivity index (χ1v) is 7.51. The summed E-state index contributed by atoms with van der Waals surface area (Å²) in [5, 5.41) is 3.08. The molecule has 0 bridgehead atoms. The zero-order valence-electron chi connectivity index (χ0n) is 10.1. The zero-order chi connectivity index (χ0) is 12.9. The number of hydrogen-bond donors (Lipinski definition) is 2. The van der Waals surface area contributed by atoms with Crippen LogP contribution in [0.5, 0.6) is 0 Å². The smallest absolute Gasteiger partial charge is 0.147 e. The predicted molar refractivity (Wildman–Crippen MR) is 68.6 cm³/mol. The van der Waals surface area contributed by atoms with Crippen LogP contribution in [0.3, 0.4) is 0 Å². The fourth-order valence-corrected chi connectivity index (χ4v) is 2.14. The van der Waals surface area contributed by atoms with Crippen LogP contribution in [0.4, 0.5) is 11.6 Å². The summed E-state index contributed by atoms with van der Waals surface area (Å²) in [5.41, 5.74) is 6.59. The monoisotopic (exact) mass is 258 g/mol. The molecule has 0 saturated heterocycles. The fourth-order valence-electron chi connectivity index (χ4n) is 1.47. The van der Waals surface area contributed by atoms with Gasteiger partial charge in [-0.2, -0.15) is 0 Å². The Morgan fingerprint density at radius 1 is 1.41 bits per heavy atom. The van der Waals surface area contributed by atoms with E-state index in [0.29, 0.717) is 24.6 Å². The molecule has 0 amide bonds. The molecule has 0 spiro atoms. The third-order valence-corrected chi connectivity index (χ3v) is 3.35. The third kappa shape index (κ3) is 4.56. The highest BCUT2D eigenvalue weighted by molar-refractivity contribution is 7.90. The first-order chi connectivity index (χ1) is 7.94. The number of nitrogens with zero attached hydrogens (tertiary/aromatic N) is 2. The van der Waals surface area contributed by atoms with Gasteiger partial charge in [0.1, 0.15) is 27.8 Å². The van der Waals surface area contributed by atoms with Crippen LogP contribution in [-0.2, 0) is 16.3 Å². The van der Waals surface area contributed by atoms with E-state index in [1.54, 1.807) is 0 Å². The lowest BCUT2D eigenvalue weighted by molar-refractivity contribution is 0.600. The van der Waals surface area contributed by atoms with Gasteiger partial charge in [-0.05, 0) is 12.8 Å². The summed E-state index contributed by atoms with van der Waals surface area (Å²) in [5.74, 6) is 1.32. The van der Waals surface area contributed by atoms with E-state index in [2.05, 4.69) is 15.3 Å². The van der Waals surface area contributed by atoms with Crippen molar-refractivity contribution in [3.63, 3.8) is 0 Å². The highest BCUT2D eigenvalue weighted by atomic mass is 32.2. The minimum absolute atomic E-state index is 0.169. The second-order valence-corrected chi connectivity index (χ2v) is 6.11. The molecule has 1 heterocycles. The Balaban J connectivity index is 2.55. The summed E-state index contributed by atoms with van der Waals surface area (Å²) in [6.07, 6.45) is 3.91. The number of aromatic nitrogens is 2. The van der Waals surface area contributed by atoms with Gasteiger partial charge in [-0.3, -0.25) is 0 Å². The largest absolute Gasteiger partial charge is 0.383 e. The van der Waals surface area contributed by atoms with Gasteiger partial charge in [0.05, 0.1) is 5.75 Å². The highest BCUT2D eigenvalue weighted by Gasteiger charge is 2.07. The van der Waals surface area contributed by atoms with Gasteiger partial charge in [0.25, 0.3) is 0 Å². The Morgan fingerprint density at radius 2 is 2.12 bits per heavy atom. The van der Waals surface area contributed by atoms with Gasteiger partial charge in [0, 0.05) is 18.4 Å². The van der Waals surface area contributed by atoms with Crippen LogP contribution in [0, 0.1) is 0 Å². The number of anilines is 2. The van der Waals surface area contributed by atoms with Gasteiger partial charge in [0.15, 0.2) is 0 Å². The summed E-state index contributed by atoms with van der Waals surface area (Å²) >= 11 is 0. The normalized spacial score (nSPS) is 11.4. The number of nitrogen functional groups attached to an aromatic ring is 1. The second-order valence-electron chi connectivity index (χ2n) is 3.85. The first-order valence-electron chi connectivity index (χ1n) is 5.45. The molecule has 1 aromatic heterocycles. The standard InChI is InChI=1S/C10H18N4O2S/c1-3-8-9(11)13-7-14-10(8)12-5-4-6-17(2,15)16/h7H,3-6H2,1-2H3,(H3,11,12,13,14). The number of sulfone groups is 1. The molecule has 7 heteroatoms. The quantitative estimate of drug-likeness (QED) is 0.720. The Morgan fingerprint density at radius 3 is 2.71 bits per heavy atom. The lowest BCUT2D eigenvalue weighted by Gasteiger charge is -2.10. The molecule has 3 N–H and O–H groups in total. The molecule has 17 heavy (non-hydrogen) atoms. The third-order valence-electron chi connectivity index (χ3n) is 2.32. The van der Waals surface area contributed by atoms with Crippen molar-refractivity contribution in [2.24, 2.45) is 0 Å². The number of rotatable bonds is 6. The summed E-state index contributed by atoms with van der Waals surface area (Å²) in [6.45, 7) is 2.52. The van der Waals surface area contributed by atoms with E-state index in [1.807, 2.05) is 6.92 Å². The number of nitrogens with one attached hydrogen (secondary N) is 1. The summed E-state index contributed by atoms with van der Waals surface area (Å²) in [4.78, 5) is 8.00. The van der Waals surface area contributed by atoms with E-state index in [4.69, 9.17) is 5.73 Å². The van der Waals surface area contributed by atoms with E-state index in [9.17, 15) is 8.42 Å². The van der Waals surface area contributed by atoms with Crippen molar-refractivity contribution in [3.8, 4) is 0 Å². The Bertz CT molecular complexity index is 473. The molecular formula is C10H18N4O2S. The van der Waals surface area contributed by atoms with Crippen LogP contribution in [0.1, 0.15) is 18.9 Å². The van der Waals surface area contributed by atoms with Gasteiger partial charge < -0.3 is 11.1 Å². The Kier molecular flexibility index (Phi) is 4.68. The van der Waals surface area contributed by atoms with Crippen molar-refractivity contribution in [1.82, 2.24) is 9.97 Å². The van der Waals surface area contributed by atoms with E-state index < -0.39 is 9.84 Å². The van der Waals surface area contributed by atoms with Crippen molar-refractivity contribution >= 4 is 21.5 Å². The predicted octanol–water partition coefficient (Wildman–Crippen LogP) is 0.468. The molecule has 0 aliphatic heterocycles. The van der Waals surface area contributed by atoms with Crippen molar-refractivity contribution in [3.05, 3.63) is 11.9 Å². The van der Waals surface area contributed by atoms with Crippen LogP contribution >= 0.6 is 0 Å². The highest BCUT2D eigenvalue weighted by Crippen LogP contribution is 2.17. The second kappa shape index (κ2) is 5.81. The van der Waals surface area contributed by atoms with Gasteiger partial charge in [0.2, 0.25) is 0 Å². The molecule has 0 fully saturated rings. The summed E-state index contributed by atoms with van der Waals surface area (Å²) < 4.78 is 21.9. The van der Waals surface area contributed by atoms with Crippen molar-refractivity contribution in [2.45, 2.75) is 19.8 Å². The fraction of sp³-hybridized carbons (Fsp3) is 0.600. The van der Waals surface area contributed by atoms with Crippen molar-refractivity contribution in [2.75, 3.05) is 29.6 Å². The van der Waals surface area contributed by atoms with E-state index in [1.165, 1.54) is 12.6 Å². The molecular weight excluding hydrogens is 240 g/mol. The molecule has 0 unspecified atom stereocenters. The lowest BCUT2D eigenvalue weighted by atomic mass is 10.2. The topological polar surface area (TPSA) is 98.0 Å². The maximum absolute atomic E-state index is 10.9. The van der Waals surface area contributed by atoms with E-state index in [-0.39, 0.29) is 5.75 Å².